The number of nitrogens with one attached hydrogen (secondary N) is 2. The van der Waals surface area contributed by atoms with Crippen LogP contribution in [0.15, 0.2) is 12.2 Å². The average Bonchev–Trinajstić information content (AvgIpc) is 2.32. The summed E-state index contributed by atoms with van der Waals surface area (Å²) in [7, 11) is 0. The quantitative estimate of drug-likeness (QED) is 0.609. The molecule has 1 atom stereocenters. The molecule has 0 aliphatic carbocycles. The summed E-state index contributed by atoms with van der Waals surface area (Å²) in [5.74, 6) is -1.61. The van der Waals surface area contributed by atoms with Crippen LogP contribution >= 0.6 is 0 Å². The van der Waals surface area contributed by atoms with E-state index in [2.05, 4.69) is 10.6 Å². The average molecular weight is 284 g/mol. The molecule has 0 spiro atoms. The summed E-state index contributed by atoms with van der Waals surface area (Å²) < 4.78 is 0. The topological polar surface area (TPSA) is 95.5 Å². The standard InChI is InChI=1S/C14H24N2O4/c1-5-6-7-10(12(18)19)16-11(17)8-9-15-13(20)14(2,3)4/h5-6,10H,7-9H2,1-4H3,(H,15,20)(H,16,17)(H,18,19)/b6-5+. The fraction of sp³-hybridized carbons (Fsp3) is 0.643. The molecule has 6 heteroatoms. The van der Waals surface area contributed by atoms with E-state index in [0.717, 1.165) is 0 Å². The summed E-state index contributed by atoms with van der Waals surface area (Å²) in [6.45, 7) is 7.31. The molecule has 0 aromatic rings. The van der Waals surface area contributed by atoms with Crippen LogP contribution in [0.5, 0.6) is 0 Å². The summed E-state index contributed by atoms with van der Waals surface area (Å²) >= 11 is 0. The zero-order valence-corrected chi connectivity index (χ0v) is 12.5. The van der Waals surface area contributed by atoms with Gasteiger partial charge in [-0.05, 0) is 13.3 Å². The molecule has 0 rings (SSSR count). The van der Waals surface area contributed by atoms with Gasteiger partial charge in [0.2, 0.25) is 11.8 Å². The molecular formula is C14H24N2O4. The number of allylic oxidation sites excluding steroid dienone is 1. The first-order valence-corrected chi connectivity index (χ1v) is 6.60. The van der Waals surface area contributed by atoms with Gasteiger partial charge in [0.1, 0.15) is 6.04 Å². The normalized spacial score (nSPS) is 13.0. The summed E-state index contributed by atoms with van der Waals surface area (Å²) in [5, 5.41) is 14.0. The minimum absolute atomic E-state index is 0.0570. The number of hydrogen-bond donors (Lipinski definition) is 3. The Morgan fingerprint density at radius 2 is 1.85 bits per heavy atom. The molecule has 0 aliphatic heterocycles. The van der Waals surface area contributed by atoms with E-state index in [-0.39, 0.29) is 25.3 Å². The highest BCUT2D eigenvalue weighted by Gasteiger charge is 2.21. The van der Waals surface area contributed by atoms with E-state index in [1.807, 2.05) is 0 Å². The minimum atomic E-state index is -1.07. The first-order valence-electron chi connectivity index (χ1n) is 6.60. The van der Waals surface area contributed by atoms with Gasteiger partial charge in [0.05, 0.1) is 0 Å². The second-order valence-electron chi connectivity index (χ2n) is 5.52. The van der Waals surface area contributed by atoms with Gasteiger partial charge < -0.3 is 15.7 Å². The van der Waals surface area contributed by atoms with E-state index < -0.39 is 23.3 Å². The van der Waals surface area contributed by atoms with E-state index in [1.165, 1.54) is 0 Å². The van der Waals surface area contributed by atoms with Crippen LogP contribution in [-0.2, 0) is 14.4 Å². The molecule has 0 saturated heterocycles. The van der Waals surface area contributed by atoms with Crippen molar-refractivity contribution in [2.45, 2.75) is 46.6 Å². The van der Waals surface area contributed by atoms with Crippen LogP contribution in [0.1, 0.15) is 40.5 Å². The number of carbonyl (C=O) groups excluding carboxylic acids is 2. The van der Waals surface area contributed by atoms with Crippen LogP contribution in [0, 0.1) is 5.41 Å². The molecule has 114 valence electrons. The Kier molecular flexibility index (Phi) is 7.57. The van der Waals surface area contributed by atoms with Gasteiger partial charge >= 0.3 is 5.97 Å². The Hall–Kier alpha value is -1.85. The van der Waals surface area contributed by atoms with Gasteiger partial charge in [-0.3, -0.25) is 9.59 Å². The second kappa shape index (κ2) is 8.35. The molecule has 0 bridgehead atoms. The molecule has 0 aliphatic rings. The van der Waals surface area contributed by atoms with Crippen molar-refractivity contribution in [3.05, 3.63) is 12.2 Å². The highest BCUT2D eigenvalue weighted by atomic mass is 16.4. The molecule has 0 saturated carbocycles. The smallest absolute Gasteiger partial charge is 0.326 e. The van der Waals surface area contributed by atoms with E-state index in [0.29, 0.717) is 0 Å². The maximum absolute atomic E-state index is 11.6. The van der Waals surface area contributed by atoms with Crippen molar-refractivity contribution in [3.63, 3.8) is 0 Å². The number of amides is 2. The molecule has 3 N–H and O–H groups in total. The Bertz CT molecular complexity index is 383. The second-order valence-corrected chi connectivity index (χ2v) is 5.52. The molecule has 20 heavy (non-hydrogen) atoms. The van der Waals surface area contributed by atoms with Crippen LogP contribution in [0.25, 0.3) is 0 Å². The molecule has 0 heterocycles. The number of hydrogen-bond acceptors (Lipinski definition) is 3. The van der Waals surface area contributed by atoms with E-state index in [1.54, 1.807) is 39.8 Å². The Balaban J connectivity index is 4.15. The van der Waals surface area contributed by atoms with Crippen LogP contribution in [0.3, 0.4) is 0 Å². The lowest BCUT2D eigenvalue weighted by molar-refractivity contribution is -0.141. The highest BCUT2D eigenvalue weighted by Crippen LogP contribution is 2.12. The Morgan fingerprint density at radius 1 is 1.25 bits per heavy atom. The number of rotatable bonds is 7. The zero-order chi connectivity index (χ0) is 15.8. The zero-order valence-electron chi connectivity index (χ0n) is 12.5. The third kappa shape index (κ3) is 7.56. The van der Waals surface area contributed by atoms with Crippen LogP contribution in [0.4, 0.5) is 0 Å². The summed E-state index contributed by atoms with van der Waals surface area (Å²) in [6.07, 6.45) is 3.71. The predicted octanol–water partition coefficient (Wildman–Crippen LogP) is 1.07. The van der Waals surface area contributed by atoms with Crippen molar-refractivity contribution < 1.29 is 19.5 Å². The molecule has 0 aromatic heterocycles. The fourth-order valence-electron chi connectivity index (χ4n) is 1.31. The van der Waals surface area contributed by atoms with E-state index in [9.17, 15) is 14.4 Å². The van der Waals surface area contributed by atoms with Gasteiger partial charge in [0, 0.05) is 18.4 Å². The first-order chi connectivity index (χ1) is 9.18. The largest absolute Gasteiger partial charge is 0.480 e. The summed E-state index contributed by atoms with van der Waals surface area (Å²) in [4.78, 5) is 34.1. The van der Waals surface area contributed by atoms with Crippen molar-refractivity contribution in [2.24, 2.45) is 5.41 Å². The Labute approximate surface area is 119 Å². The van der Waals surface area contributed by atoms with Crippen molar-refractivity contribution in [1.82, 2.24) is 10.6 Å². The molecule has 2 amide bonds. The molecule has 0 aromatic carbocycles. The lowest BCUT2D eigenvalue weighted by atomic mass is 9.96. The summed E-state index contributed by atoms with van der Waals surface area (Å²) in [6, 6.07) is -0.933. The third-order valence-electron chi connectivity index (χ3n) is 2.56. The predicted molar refractivity (Wildman–Crippen MR) is 76.1 cm³/mol. The van der Waals surface area contributed by atoms with Crippen LogP contribution < -0.4 is 10.6 Å². The van der Waals surface area contributed by atoms with Crippen molar-refractivity contribution in [2.75, 3.05) is 6.54 Å². The lowest BCUT2D eigenvalue weighted by Crippen LogP contribution is -2.42. The SMILES string of the molecule is C/C=C/CC(NC(=O)CCNC(=O)C(C)(C)C)C(=O)O. The van der Waals surface area contributed by atoms with Gasteiger partial charge in [0.15, 0.2) is 0 Å². The van der Waals surface area contributed by atoms with Crippen LogP contribution in [0.2, 0.25) is 0 Å². The molecule has 1 unspecified atom stereocenters. The fourth-order valence-corrected chi connectivity index (χ4v) is 1.31. The number of carbonyl (C=O) groups is 3. The van der Waals surface area contributed by atoms with Gasteiger partial charge in [0.25, 0.3) is 0 Å². The number of carboxylic acids is 1. The van der Waals surface area contributed by atoms with Gasteiger partial charge in [-0.2, -0.15) is 0 Å². The van der Waals surface area contributed by atoms with Crippen molar-refractivity contribution >= 4 is 17.8 Å². The Morgan fingerprint density at radius 3 is 2.30 bits per heavy atom. The maximum Gasteiger partial charge on any atom is 0.326 e. The summed E-state index contributed by atoms with van der Waals surface area (Å²) in [5.41, 5.74) is -0.508. The third-order valence-corrected chi connectivity index (χ3v) is 2.56. The van der Waals surface area contributed by atoms with E-state index >= 15 is 0 Å². The highest BCUT2D eigenvalue weighted by molar-refractivity contribution is 5.85. The van der Waals surface area contributed by atoms with Gasteiger partial charge in [-0.1, -0.05) is 32.9 Å². The molecule has 6 nitrogen and oxygen atoms in total. The molecule has 0 fully saturated rings. The lowest BCUT2D eigenvalue weighted by Gasteiger charge is -2.18. The minimum Gasteiger partial charge on any atom is -0.480 e. The van der Waals surface area contributed by atoms with E-state index in [4.69, 9.17) is 5.11 Å². The monoisotopic (exact) mass is 284 g/mol. The number of aliphatic carboxylic acids is 1. The van der Waals surface area contributed by atoms with Crippen LogP contribution in [-0.4, -0.2) is 35.5 Å². The first kappa shape index (κ1) is 18.1. The molecule has 0 radical (unpaired) electrons. The van der Waals surface area contributed by atoms with Gasteiger partial charge in [-0.15, -0.1) is 0 Å². The van der Waals surface area contributed by atoms with Crippen molar-refractivity contribution in [3.8, 4) is 0 Å². The van der Waals surface area contributed by atoms with Crippen molar-refractivity contribution in [1.29, 1.82) is 0 Å². The molecular weight excluding hydrogens is 260 g/mol. The number of carboxylic acid groups (broad SMARTS) is 1. The maximum atomic E-state index is 11.6. The van der Waals surface area contributed by atoms with Gasteiger partial charge in [-0.25, -0.2) is 4.79 Å².